The first kappa shape index (κ1) is 18.2. The average molecular weight is 380 g/mol. The SMILES string of the molecule is Cc1ccc(COC(=O)Nc2cnc(-c3noc(C(F)(F)F)n3)cn2)cn1. The fraction of sp³-hybridized carbons (Fsp3) is 0.200. The summed E-state index contributed by atoms with van der Waals surface area (Å²) in [6.07, 6.45) is -1.75. The molecule has 9 nitrogen and oxygen atoms in total. The first-order valence-corrected chi connectivity index (χ1v) is 7.40. The number of carbonyl (C=O) groups is 1. The summed E-state index contributed by atoms with van der Waals surface area (Å²) >= 11 is 0. The zero-order chi connectivity index (χ0) is 19.4. The van der Waals surface area contributed by atoms with Crippen molar-refractivity contribution in [3.8, 4) is 11.5 Å². The molecule has 3 aromatic rings. The van der Waals surface area contributed by atoms with Gasteiger partial charge in [-0.05, 0) is 13.0 Å². The third-order valence-electron chi connectivity index (χ3n) is 3.12. The summed E-state index contributed by atoms with van der Waals surface area (Å²) < 4.78 is 46.4. The van der Waals surface area contributed by atoms with Crippen molar-refractivity contribution in [3.05, 3.63) is 47.9 Å². The smallest absolute Gasteiger partial charge is 0.444 e. The van der Waals surface area contributed by atoms with Gasteiger partial charge in [-0.25, -0.2) is 14.8 Å². The molecular formula is C15H11F3N6O3. The number of aromatic nitrogens is 5. The third kappa shape index (κ3) is 4.74. The van der Waals surface area contributed by atoms with Crippen molar-refractivity contribution in [2.24, 2.45) is 0 Å². The number of aryl methyl sites for hydroxylation is 1. The van der Waals surface area contributed by atoms with Crippen LogP contribution in [-0.4, -0.2) is 31.2 Å². The van der Waals surface area contributed by atoms with Gasteiger partial charge < -0.3 is 9.26 Å². The van der Waals surface area contributed by atoms with Crippen LogP contribution in [0.25, 0.3) is 11.5 Å². The van der Waals surface area contributed by atoms with Crippen molar-refractivity contribution >= 4 is 11.9 Å². The molecule has 3 aromatic heterocycles. The van der Waals surface area contributed by atoms with E-state index in [9.17, 15) is 18.0 Å². The molecule has 0 aliphatic carbocycles. The largest absolute Gasteiger partial charge is 0.471 e. The highest BCUT2D eigenvalue weighted by molar-refractivity contribution is 5.83. The maximum Gasteiger partial charge on any atom is 0.471 e. The zero-order valence-corrected chi connectivity index (χ0v) is 13.7. The van der Waals surface area contributed by atoms with Gasteiger partial charge in [-0.3, -0.25) is 10.3 Å². The van der Waals surface area contributed by atoms with E-state index in [0.717, 1.165) is 18.1 Å². The van der Waals surface area contributed by atoms with E-state index in [0.29, 0.717) is 5.56 Å². The number of amides is 1. The first-order chi connectivity index (χ1) is 12.8. The maximum absolute atomic E-state index is 12.4. The second-order valence-electron chi connectivity index (χ2n) is 5.22. The lowest BCUT2D eigenvalue weighted by molar-refractivity contribution is -0.159. The van der Waals surface area contributed by atoms with Crippen molar-refractivity contribution in [1.82, 2.24) is 25.1 Å². The van der Waals surface area contributed by atoms with Gasteiger partial charge in [-0.2, -0.15) is 18.2 Å². The number of pyridine rings is 1. The molecule has 0 radical (unpaired) electrons. The number of rotatable bonds is 4. The van der Waals surface area contributed by atoms with Gasteiger partial charge in [0.25, 0.3) is 0 Å². The van der Waals surface area contributed by atoms with Crippen molar-refractivity contribution in [2.75, 3.05) is 5.32 Å². The highest BCUT2D eigenvalue weighted by Crippen LogP contribution is 2.28. The minimum atomic E-state index is -4.75. The molecule has 0 aliphatic heterocycles. The van der Waals surface area contributed by atoms with E-state index < -0.39 is 18.2 Å². The van der Waals surface area contributed by atoms with Crippen molar-refractivity contribution in [3.63, 3.8) is 0 Å². The van der Waals surface area contributed by atoms with Crippen molar-refractivity contribution in [2.45, 2.75) is 19.7 Å². The molecule has 0 atom stereocenters. The molecule has 0 spiro atoms. The van der Waals surface area contributed by atoms with Crippen molar-refractivity contribution in [1.29, 1.82) is 0 Å². The zero-order valence-electron chi connectivity index (χ0n) is 13.7. The van der Waals surface area contributed by atoms with Gasteiger partial charge in [0.05, 0.1) is 12.4 Å². The topological polar surface area (TPSA) is 116 Å². The van der Waals surface area contributed by atoms with Crippen LogP contribution in [0.4, 0.5) is 23.8 Å². The normalized spacial score (nSPS) is 11.3. The van der Waals surface area contributed by atoms with Crippen LogP contribution < -0.4 is 5.32 Å². The number of nitrogens with zero attached hydrogens (tertiary/aromatic N) is 5. The summed E-state index contributed by atoms with van der Waals surface area (Å²) in [5.74, 6) is -1.84. The van der Waals surface area contributed by atoms with Crippen LogP contribution in [0.5, 0.6) is 0 Å². The number of hydrogen-bond donors (Lipinski definition) is 1. The Hall–Kier alpha value is -3.57. The Bertz CT molecular complexity index is 925. The van der Waals surface area contributed by atoms with Gasteiger partial charge in [0.1, 0.15) is 12.3 Å². The van der Waals surface area contributed by atoms with Gasteiger partial charge in [0.2, 0.25) is 5.82 Å². The summed E-state index contributed by atoms with van der Waals surface area (Å²) in [5, 5.41) is 5.52. The van der Waals surface area contributed by atoms with Crippen LogP contribution in [0.15, 0.2) is 35.2 Å². The molecule has 27 heavy (non-hydrogen) atoms. The lowest BCUT2D eigenvalue weighted by atomic mass is 10.3. The van der Waals surface area contributed by atoms with Crippen LogP contribution in [-0.2, 0) is 17.5 Å². The molecule has 0 aromatic carbocycles. The Morgan fingerprint density at radius 2 is 2.00 bits per heavy atom. The molecule has 0 aliphatic rings. The van der Waals surface area contributed by atoms with Crippen LogP contribution in [0.1, 0.15) is 17.1 Å². The van der Waals surface area contributed by atoms with E-state index >= 15 is 0 Å². The summed E-state index contributed by atoms with van der Waals surface area (Å²) in [5.41, 5.74) is 1.48. The number of hydrogen-bond acceptors (Lipinski definition) is 8. The van der Waals surface area contributed by atoms with Gasteiger partial charge in [0, 0.05) is 17.5 Å². The number of nitrogens with one attached hydrogen (secondary N) is 1. The summed E-state index contributed by atoms with van der Waals surface area (Å²) in [6, 6.07) is 3.55. The molecule has 0 saturated heterocycles. The van der Waals surface area contributed by atoms with E-state index in [4.69, 9.17) is 4.74 Å². The van der Waals surface area contributed by atoms with Gasteiger partial charge in [-0.15, -0.1) is 0 Å². The van der Waals surface area contributed by atoms with E-state index in [1.165, 1.54) is 0 Å². The highest BCUT2D eigenvalue weighted by atomic mass is 19.4. The highest BCUT2D eigenvalue weighted by Gasteiger charge is 2.38. The fourth-order valence-corrected chi connectivity index (χ4v) is 1.82. The summed E-state index contributed by atoms with van der Waals surface area (Å²) in [6.45, 7) is 1.84. The molecular weight excluding hydrogens is 369 g/mol. The van der Waals surface area contributed by atoms with Gasteiger partial charge in [-0.1, -0.05) is 11.2 Å². The summed E-state index contributed by atoms with van der Waals surface area (Å²) in [4.78, 5) is 26.7. The Kier molecular flexibility index (Phi) is 4.96. The molecule has 1 N–H and O–H groups in total. The van der Waals surface area contributed by atoms with Crippen LogP contribution >= 0.6 is 0 Å². The molecule has 0 fully saturated rings. The monoisotopic (exact) mass is 380 g/mol. The second-order valence-corrected chi connectivity index (χ2v) is 5.22. The second kappa shape index (κ2) is 7.35. The maximum atomic E-state index is 12.4. The third-order valence-corrected chi connectivity index (χ3v) is 3.12. The van der Waals surface area contributed by atoms with E-state index in [-0.39, 0.29) is 23.9 Å². The fourth-order valence-electron chi connectivity index (χ4n) is 1.82. The number of ether oxygens (including phenoxy) is 1. The first-order valence-electron chi connectivity index (χ1n) is 7.40. The van der Waals surface area contributed by atoms with Gasteiger partial charge >= 0.3 is 18.2 Å². The number of anilines is 1. The quantitative estimate of drug-likeness (QED) is 0.734. The van der Waals surface area contributed by atoms with Crippen LogP contribution in [0, 0.1) is 6.92 Å². The van der Waals surface area contributed by atoms with Crippen LogP contribution in [0.2, 0.25) is 0 Å². The molecule has 1 amide bonds. The van der Waals surface area contributed by atoms with Gasteiger partial charge in [0.15, 0.2) is 5.82 Å². The standard InChI is InChI=1S/C15H11F3N6O3/c1-8-2-3-9(4-19-8)7-26-14(25)22-11-6-20-10(5-21-11)12-23-13(27-24-12)15(16,17)18/h2-6H,7H2,1H3,(H,21,22,25). The predicted octanol–water partition coefficient (Wildman–Crippen LogP) is 3.00. The molecule has 0 bridgehead atoms. The molecule has 140 valence electrons. The Labute approximate surface area is 149 Å². The Morgan fingerprint density at radius 1 is 1.19 bits per heavy atom. The number of alkyl halides is 3. The molecule has 0 unspecified atom stereocenters. The number of carbonyl (C=O) groups excluding carboxylic acids is 1. The lowest BCUT2D eigenvalue weighted by Crippen LogP contribution is -2.14. The average Bonchev–Trinajstić information content (AvgIpc) is 3.12. The molecule has 3 rings (SSSR count). The predicted molar refractivity (Wildman–Crippen MR) is 83.1 cm³/mol. The minimum Gasteiger partial charge on any atom is -0.444 e. The van der Waals surface area contributed by atoms with E-state index in [1.807, 2.05) is 6.92 Å². The van der Waals surface area contributed by atoms with E-state index in [1.54, 1.807) is 18.3 Å². The number of halogens is 3. The molecule has 0 saturated carbocycles. The molecule has 12 heteroatoms. The summed E-state index contributed by atoms with van der Waals surface area (Å²) in [7, 11) is 0. The van der Waals surface area contributed by atoms with Crippen molar-refractivity contribution < 1.29 is 27.2 Å². The van der Waals surface area contributed by atoms with E-state index in [2.05, 4.69) is 34.9 Å². The molecule has 3 heterocycles. The van der Waals surface area contributed by atoms with Crippen LogP contribution in [0.3, 0.4) is 0 Å². The Morgan fingerprint density at radius 3 is 2.59 bits per heavy atom. The Balaban J connectivity index is 1.57. The lowest BCUT2D eigenvalue weighted by Gasteiger charge is -2.06. The minimum absolute atomic E-state index is 0.00764.